The van der Waals surface area contributed by atoms with Gasteiger partial charge < -0.3 is 35.4 Å². The van der Waals surface area contributed by atoms with E-state index < -0.39 is 53.7 Å². The highest BCUT2D eigenvalue weighted by Crippen LogP contribution is 2.32. The number of hydrogen-bond acceptors (Lipinski definition) is 9. The summed E-state index contributed by atoms with van der Waals surface area (Å²) in [5, 5.41) is 63.7. The van der Waals surface area contributed by atoms with Crippen molar-refractivity contribution in [3.8, 4) is 5.75 Å². The molecule has 23 heavy (non-hydrogen) atoms. The number of rotatable bonds is 2. The first-order chi connectivity index (χ1) is 10.7. The SMILES string of the molecule is O=[N+]([O-])c1c(O)cccc1Cl.OC[C@H]1O[C@@H](O)[C@H](O)[C@@H](O)[C@@H]1O. The number of phenolic OH excluding ortho intramolecular Hbond substituents is 1. The van der Waals surface area contributed by atoms with E-state index in [1.54, 1.807) is 0 Å². The van der Waals surface area contributed by atoms with Gasteiger partial charge in [0.25, 0.3) is 0 Å². The van der Waals surface area contributed by atoms with Gasteiger partial charge in [0.05, 0.1) is 11.5 Å². The smallest absolute Gasteiger partial charge is 0.329 e. The van der Waals surface area contributed by atoms with Crippen molar-refractivity contribution in [3.05, 3.63) is 33.3 Å². The van der Waals surface area contributed by atoms with Crippen molar-refractivity contribution in [2.75, 3.05) is 6.61 Å². The van der Waals surface area contributed by atoms with Crippen LogP contribution in [0.2, 0.25) is 5.02 Å². The lowest BCUT2D eigenvalue weighted by molar-refractivity contribution is -0.385. The molecule has 11 heteroatoms. The second kappa shape index (κ2) is 8.36. The second-order valence-corrected chi connectivity index (χ2v) is 4.99. The third-order valence-electron chi connectivity index (χ3n) is 3.02. The molecule has 1 aromatic rings. The molecule has 0 saturated carbocycles. The van der Waals surface area contributed by atoms with Crippen molar-refractivity contribution in [1.82, 2.24) is 0 Å². The van der Waals surface area contributed by atoms with E-state index in [9.17, 15) is 10.1 Å². The van der Waals surface area contributed by atoms with Gasteiger partial charge in [-0.05, 0) is 12.1 Å². The van der Waals surface area contributed by atoms with Crippen molar-refractivity contribution in [2.45, 2.75) is 30.7 Å². The minimum atomic E-state index is -1.57. The maximum Gasteiger partial charge on any atom is 0.329 e. The zero-order valence-electron chi connectivity index (χ0n) is 11.6. The lowest BCUT2D eigenvalue weighted by Crippen LogP contribution is -2.58. The van der Waals surface area contributed by atoms with Crippen molar-refractivity contribution in [1.29, 1.82) is 0 Å². The molecule has 1 aliphatic rings. The van der Waals surface area contributed by atoms with Crippen LogP contribution in [0.5, 0.6) is 5.75 Å². The number of halogens is 1. The first-order valence-electron chi connectivity index (χ1n) is 6.31. The highest BCUT2D eigenvalue weighted by Gasteiger charge is 2.42. The summed E-state index contributed by atoms with van der Waals surface area (Å²) in [5.74, 6) is -0.414. The molecule has 130 valence electrons. The van der Waals surface area contributed by atoms with E-state index >= 15 is 0 Å². The number of nitro benzene ring substituents is 1. The Bertz CT molecular complexity index is 518. The van der Waals surface area contributed by atoms with Gasteiger partial charge in [0.1, 0.15) is 29.4 Å². The summed E-state index contributed by atoms with van der Waals surface area (Å²) in [6, 6.07) is 3.99. The van der Waals surface area contributed by atoms with Crippen LogP contribution in [0, 0.1) is 10.1 Å². The fraction of sp³-hybridized carbons (Fsp3) is 0.500. The van der Waals surface area contributed by atoms with E-state index in [0.717, 1.165) is 0 Å². The average molecular weight is 354 g/mol. The molecule has 0 aromatic heterocycles. The first-order valence-corrected chi connectivity index (χ1v) is 6.69. The van der Waals surface area contributed by atoms with Crippen molar-refractivity contribution >= 4 is 17.3 Å². The van der Waals surface area contributed by atoms with Crippen LogP contribution in [0.4, 0.5) is 5.69 Å². The van der Waals surface area contributed by atoms with Crippen molar-refractivity contribution < 1.29 is 40.3 Å². The lowest BCUT2D eigenvalue weighted by Gasteiger charge is -2.37. The molecule has 10 nitrogen and oxygen atoms in total. The number of hydrogen-bond donors (Lipinski definition) is 6. The zero-order valence-corrected chi connectivity index (χ0v) is 12.3. The Kier molecular flexibility index (Phi) is 7.09. The third kappa shape index (κ3) is 4.72. The zero-order chi connectivity index (χ0) is 17.7. The van der Waals surface area contributed by atoms with Gasteiger partial charge >= 0.3 is 5.69 Å². The number of ether oxygens (including phenoxy) is 1. The molecule has 0 spiro atoms. The molecule has 1 aliphatic heterocycles. The molecule has 1 heterocycles. The quantitative estimate of drug-likeness (QED) is 0.280. The minimum absolute atomic E-state index is 0.0602. The van der Waals surface area contributed by atoms with Crippen molar-refractivity contribution in [3.63, 3.8) is 0 Å². The predicted octanol–water partition coefficient (Wildman–Crippen LogP) is -1.27. The van der Waals surface area contributed by atoms with E-state index in [-0.39, 0.29) is 5.02 Å². The number of benzene rings is 1. The monoisotopic (exact) mass is 353 g/mol. The predicted molar refractivity (Wildman–Crippen MR) is 75.8 cm³/mol. The highest BCUT2D eigenvalue weighted by molar-refractivity contribution is 6.32. The second-order valence-electron chi connectivity index (χ2n) is 4.58. The molecular formula is C12H16ClNO9. The Morgan fingerprint density at radius 1 is 1.17 bits per heavy atom. The van der Waals surface area contributed by atoms with Crippen LogP contribution >= 0.6 is 11.6 Å². The summed E-state index contributed by atoms with van der Waals surface area (Å²) in [7, 11) is 0. The van der Waals surface area contributed by atoms with Gasteiger partial charge in [-0.15, -0.1) is 0 Å². The standard InChI is InChI=1S/C6H4ClNO3.C6H12O6/c7-4-2-1-3-5(9)6(4)8(10)11;7-1-2-3(8)4(9)5(10)6(11)12-2/h1-3,9H;2-11H,1H2/t;2-,3-,4+,5-,6-/m.1/s1. The molecule has 6 N–H and O–H groups in total. The average Bonchev–Trinajstić information content (AvgIpc) is 2.49. The molecule has 0 aliphatic carbocycles. The largest absolute Gasteiger partial charge is 0.502 e. The van der Waals surface area contributed by atoms with Crippen LogP contribution in [0.1, 0.15) is 0 Å². The molecule has 0 radical (unpaired) electrons. The maximum absolute atomic E-state index is 10.2. The first kappa shape index (κ1) is 19.5. The van der Waals surface area contributed by atoms with Crippen LogP contribution in [-0.4, -0.2) is 72.9 Å². The van der Waals surface area contributed by atoms with E-state index in [4.69, 9.17) is 42.2 Å². The van der Waals surface area contributed by atoms with Crippen LogP contribution in [0.3, 0.4) is 0 Å². The van der Waals surface area contributed by atoms with E-state index in [2.05, 4.69) is 4.74 Å². The Morgan fingerprint density at radius 2 is 1.78 bits per heavy atom. The van der Waals surface area contributed by atoms with Crippen LogP contribution in [0.25, 0.3) is 0 Å². The summed E-state index contributed by atoms with van der Waals surface area (Å²) in [6.07, 6.45) is -7.04. The molecule has 0 bridgehead atoms. The number of nitrogens with zero attached hydrogens (tertiary/aromatic N) is 1. The van der Waals surface area contributed by atoms with Gasteiger partial charge in [-0.2, -0.15) is 0 Å². The van der Waals surface area contributed by atoms with Crippen LogP contribution in [0.15, 0.2) is 18.2 Å². The molecule has 0 unspecified atom stereocenters. The summed E-state index contributed by atoms with van der Waals surface area (Å²) < 4.78 is 4.58. The van der Waals surface area contributed by atoms with Gasteiger partial charge in [-0.1, -0.05) is 17.7 Å². The lowest BCUT2D eigenvalue weighted by atomic mass is 10.00. The van der Waals surface area contributed by atoms with E-state index in [1.165, 1.54) is 18.2 Å². The van der Waals surface area contributed by atoms with Gasteiger partial charge in [-0.25, -0.2) is 0 Å². The summed E-state index contributed by atoms with van der Waals surface area (Å²) in [4.78, 5) is 9.48. The molecule has 1 aromatic carbocycles. The molecule has 2 rings (SSSR count). The Labute approximate surface area is 134 Å². The molecule has 1 saturated heterocycles. The minimum Gasteiger partial charge on any atom is -0.502 e. The number of nitro groups is 1. The Hall–Kier alpha value is -1.53. The molecular weight excluding hydrogens is 338 g/mol. The number of aliphatic hydroxyl groups is 5. The van der Waals surface area contributed by atoms with Crippen LogP contribution < -0.4 is 0 Å². The highest BCUT2D eigenvalue weighted by atomic mass is 35.5. The third-order valence-corrected chi connectivity index (χ3v) is 3.32. The van der Waals surface area contributed by atoms with Gasteiger partial charge in [0.15, 0.2) is 12.0 Å². The van der Waals surface area contributed by atoms with Crippen molar-refractivity contribution in [2.24, 2.45) is 0 Å². The van der Waals surface area contributed by atoms with Crippen LogP contribution in [-0.2, 0) is 4.74 Å². The molecule has 0 amide bonds. The normalized spacial score (nSPS) is 30.3. The van der Waals surface area contributed by atoms with E-state index in [0.29, 0.717) is 0 Å². The number of aromatic hydroxyl groups is 1. The number of aliphatic hydroxyl groups excluding tert-OH is 5. The topological polar surface area (TPSA) is 174 Å². The summed E-state index contributed by atoms with van der Waals surface area (Å²) in [6.45, 7) is -0.526. The molecule has 5 atom stereocenters. The fourth-order valence-corrected chi connectivity index (χ4v) is 2.00. The van der Waals surface area contributed by atoms with Gasteiger partial charge in [-0.3, -0.25) is 10.1 Å². The Balaban J connectivity index is 0.000000231. The fourth-order valence-electron chi connectivity index (χ4n) is 1.77. The van der Waals surface area contributed by atoms with Gasteiger partial charge in [0.2, 0.25) is 0 Å². The number of phenols is 1. The maximum atomic E-state index is 10.2. The number of para-hydroxylation sites is 1. The summed E-state index contributed by atoms with van der Waals surface area (Å²) in [5.41, 5.74) is -0.450. The Morgan fingerprint density at radius 3 is 2.22 bits per heavy atom. The van der Waals surface area contributed by atoms with E-state index in [1.807, 2.05) is 0 Å². The molecule has 1 fully saturated rings. The summed E-state index contributed by atoms with van der Waals surface area (Å²) >= 11 is 5.42. The van der Waals surface area contributed by atoms with Gasteiger partial charge in [0, 0.05) is 0 Å².